The molecular weight excluding hydrogens is 607 g/mol. The van der Waals surface area contributed by atoms with Crippen LogP contribution in [0.1, 0.15) is 75.9 Å². The molecule has 252 valence electrons. The van der Waals surface area contributed by atoms with Gasteiger partial charge < -0.3 is 24.6 Å². The van der Waals surface area contributed by atoms with Gasteiger partial charge in [-0.1, -0.05) is 25.5 Å². The zero-order valence-electron chi connectivity index (χ0n) is 27.5. The Balaban J connectivity index is 1.57. The van der Waals surface area contributed by atoms with Crippen molar-refractivity contribution in [2.45, 2.75) is 71.9 Å². The smallest absolute Gasteiger partial charge is 0.410 e. The van der Waals surface area contributed by atoms with Crippen molar-refractivity contribution in [3.63, 3.8) is 0 Å². The number of carbonyl (C=O) groups is 3. The molecule has 2 aliphatic rings. The van der Waals surface area contributed by atoms with Gasteiger partial charge in [-0.3, -0.25) is 23.7 Å². The number of rotatable bonds is 9. The molecule has 2 fully saturated rings. The standard InChI is InChI=1S/C34H43FN6O6/c1-5-6-18-46-29-28(31(43)36-20-23-10-12-24(35)13-11-23)37-30-26(19-25(21-41(30)32(29)44)38-14-8-7-9-15-38)40-17-16-39(22-27(40)42)33(45)47-34(2,3)4/h10-13,19,21H,5-9,14-18,20,22H2,1-4H3,(H,36,43). The predicted octanol–water partition coefficient (Wildman–Crippen LogP) is 4.52. The molecule has 0 radical (unpaired) electrons. The minimum atomic E-state index is -0.716. The molecule has 12 nitrogen and oxygen atoms in total. The van der Waals surface area contributed by atoms with Crippen LogP contribution in [0.3, 0.4) is 0 Å². The molecule has 0 bridgehead atoms. The molecule has 2 saturated heterocycles. The summed E-state index contributed by atoms with van der Waals surface area (Å²) >= 11 is 0. The van der Waals surface area contributed by atoms with Gasteiger partial charge >= 0.3 is 11.7 Å². The first-order valence-corrected chi connectivity index (χ1v) is 16.2. The van der Waals surface area contributed by atoms with Crippen molar-refractivity contribution < 1.29 is 28.2 Å². The summed E-state index contributed by atoms with van der Waals surface area (Å²) in [6.45, 7) is 9.25. The molecule has 0 saturated carbocycles. The number of nitrogens with zero attached hydrogens (tertiary/aromatic N) is 5. The molecule has 3 aromatic rings. The van der Waals surface area contributed by atoms with E-state index in [1.807, 2.05) is 13.0 Å². The average molecular weight is 651 g/mol. The van der Waals surface area contributed by atoms with Crippen molar-refractivity contribution in [1.82, 2.24) is 19.6 Å². The highest BCUT2D eigenvalue weighted by molar-refractivity contribution is 6.01. The van der Waals surface area contributed by atoms with Crippen LogP contribution in [0, 0.1) is 5.82 Å². The molecule has 4 heterocycles. The van der Waals surface area contributed by atoms with E-state index in [2.05, 4.69) is 15.2 Å². The number of ether oxygens (including phenoxy) is 2. The van der Waals surface area contributed by atoms with E-state index in [9.17, 15) is 23.6 Å². The van der Waals surface area contributed by atoms with Crippen LogP contribution in [-0.4, -0.2) is 77.1 Å². The van der Waals surface area contributed by atoms with E-state index in [0.29, 0.717) is 17.7 Å². The molecule has 47 heavy (non-hydrogen) atoms. The minimum Gasteiger partial charge on any atom is -0.486 e. The number of unbranched alkanes of at least 4 members (excludes halogenated alkanes) is 1. The molecule has 0 unspecified atom stereocenters. The van der Waals surface area contributed by atoms with Crippen LogP contribution in [0.4, 0.5) is 20.6 Å². The van der Waals surface area contributed by atoms with Gasteiger partial charge in [0.25, 0.3) is 5.91 Å². The number of carbonyl (C=O) groups excluding carboxylic acids is 3. The number of anilines is 2. The first-order chi connectivity index (χ1) is 22.4. The van der Waals surface area contributed by atoms with E-state index >= 15 is 0 Å². The lowest BCUT2D eigenvalue weighted by atomic mass is 10.1. The third-order valence-corrected chi connectivity index (χ3v) is 8.06. The number of nitrogens with one attached hydrogen (secondary N) is 1. The van der Waals surface area contributed by atoms with Crippen LogP contribution < -0.4 is 25.4 Å². The number of benzene rings is 1. The Kier molecular flexibility index (Phi) is 10.3. The molecule has 13 heteroatoms. The Morgan fingerprint density at radius 3 is 2.40 bits per heavy atom. The van der Waals surface area contributed by atoms with E-state index in [0.717, 1.165) is 44.5 Å². The number of pyridine rings is 1. The summed E-state index contributed by atoms with van der Waals surface area (Å²) in [6.07, 6.45) is 5.67. The van der Waals surface area contributed by atoms with Crippen molar-refractivity contribution >= 4 is 34.9 Å². The summed E-state index contributed by atoms with van der Waals surface area (Å²) in [5.74, 6) is -1.60. The highest BCUT2D eigenvalue weighted by Crippen LogP contribution is 2.31. The summed E-state index contributed by atoms with van der Waals surface area (Å²) in [4.78, 5) is 63.9. The highest BCUT2D eigenvalue weighted by atomic mass is 19.1. The zero-order chi connectivity index (χ0) is 33.7. The first kappa shape index (κ1) is 33.7. The number of hydrogen-bond acceptors (Lipinski definition) is 8. The fraction of sp³-hybridized carbons (Fsp3) is 0.500. The Morgan fingerprint density at radius 2 is 1.74 bits per heavy atom. The summed E-state index contributed by atoms with van der Waals surface area (Å²) in [6, 6.07) is 7.53. The fourth-order valence-corrected chi connectivity index (χ4v) is 5.60. The predicted molar refractivity (Wildman–Crippen MR) is 176 cm³/mol. The van der Waals surface area contributed by atoms with Gasteiger partial charge in [-0.2, -0.15) is 0 Å². The first-order valence-electron chi connectivity index (χ1n) is 16.2. The minimum absolute atomic E-state index is 0.0699. The van der Waals surface area contributed by atoms with Crippen LogP contribution in [0.25, 0.3) is 5.65 Å². The second kappa shape index (κ2) is 14.4. The topological polar surface area (TPSA) is 126 Å². The van der Waals surface area contributed by atoms with Crippen molar-refractivity contribution in [2.24, 2.45) is 0 Å². The molecule has 0 spiro atoms. The number of piperidine rings is 1. The van der Waals surface area contributed by atoms with Crippen molar-refractivity contribution in [3.8, 4) is 5.75 Å². The van der Waals surface area contributed by atoms with Crippen LogP contribution in [0.2, 0.25) is 0 Å². The Morgan fingerprint density at radius 1 is 1.02 bits per heavy atom. The molecule has 2 aromatic heterocycles. The molecule has 0 aliphatic carbocycles. The Bertz CT molecular complexity index is 1680. The van der Waals surface area contributed by atoms with Gasteiger partial charge in [0.05, 0.1) is 18.0 Å². The van der Waals surface area contributed by atoms with Gasteiger partial charge in [0.15, 0.2) is 11.3 Å². The van der Waals surface area contributed by atoms with Gasteiger partial charge in [-0.15, -0.1) is 0 Å². The largest absolute Gasteiger partial charge is 0.486 e. The molecule has 3 amide bonds. The van der Waals surface area contributed by atoms with E-state index in [1.165, 1.54) is 26.3 Å². The van der Waals surface area contributed by atoms with E-state index < -0.39 is 29.0 Å². The summed E-state index contributed by atoms with van der Waals surface area (Å²) < 4.78 is 26.2. The van der Waals surface area contributed by atoms with E-state index in [4.69, 9.17) is 9.47 Å². The number of piperazine rings is 1. The quantitative estimate of drug-likeness (QED) is 0.336. The number of amides is 3. The maximum absolute atomic E-state index is 14.2. The summed E-state index contributed by atoms with van der Waals surface area (Å²) in [7, 11) is 0. The maximum Gasteiger partial charge on any atom is 0.410 e. The van der Waals surface area contributed by atoms with Gasteiger partial charge in [0.1, 0.15) is 18.0 Å². The normalized spacial score (nSPS) is 15.6. The van der Waals surface area contributed by atoms with Crippen LogP contribution in [0.15, 0.2) is 41.3 Å². The lowest BCUT2D eigenvalue weighted by Gasteiger charge is -2.36. The third kappa shape index (κ3) is 8.01. The van der Waals surface area contributed by atoms with Crippen molar-refractivity contribution in [3.05, 3.63) is 64.0 Å². The number of hydrogen-bond donors (Lipinski definition) is 1. The second-order valence-corrected chi connectivity index (χ2v) is 12.9. The van der Waals surface area contributed by atoms with Crippen LogP contribution in [-0.2, 0) is 16.1 Å². The van der Waals surface area contributed by atoms with Crippen molar-refractivity contribution in [2.75, 3.05) is 49.1 Å². The van der Waals surface area contributed by atoms with E-state index in [-0.39, 0.29) is 55.8 Å². The number of fused-ring (bicyclic) bond motifs is 1. The zero-order valence-corrected chi connectivity index (χ0v) is 27.5. The van der Waals surface area contributed by atoms with Crippen molar-refractivity contribution in [1.29, 1.82) is 0 Å². The molecule has 5 rings (SSSR count). The second-order valence-electron chi connectivity index (χ2n) is 12.9. The van der Waals surface area contributed by atoms with Gasteiger partial charge in [-0.25, -0.2) is 14.2 Å². The highest BCUT2D eigenvalue weighted by Gasteiger charge is 2.33. The van der Waals surface area contributed by atoms with Gasteiger partial charge in [0, 0.05) is 38.9 Å². The fourth-order valence-electron chi connectivity index (χ4n) is 5.60. The van der Waals surface area contributed by atoms with Gasteiger partial charge in [0.2, 0.25) is 11.7 Å². The Labute approximate surface area is 273 Å². The number of aromatic nitrogens is 2. The maximum atomic E-state index is 14.2. The third-order valence-electron chi connectivity index (χ3n) is 8.06. The molecule has 1 N–H and O–H groups in total. The van der Waals surface area contributed by atoms with Crippen LogP contribution >= 0.6 is 0 Å². The molecular formula is C34H43FN6O6. The molecule has 2 aliphatic heterocycles. The summed E-state index contributed by atoms with van der Waals surface area (Å²) in [5, 5.41) is 2.77. The van der Waals surface area contributed by atoms with Gasteiger partial charge in [-0.05, 0) is 70.2 Å². The lowest BCUT2D eigenvalue weighted by molar-refractivity contribution is -0.121. The SMILES string of the molecule is CCCCOc1c(C(=O)NCc2ccc(F)cc2)nc2c(N3CCN(C(=O)OC(C)(C)C)CC3=O)cc(N3CCCCC3)cn2c1=O. The Hall–Kier alpha value is -4.68. The lowest BCUT2D eigenvalue weighted by Crippen LogP contribution is -2.53. The molecule has 0 atom stereocenters. The average Bonchev–Trinajstić information content (AvgIpc) is 3.04. The molecule has 1 aromatic carbocycles. The monoisotopic (exact) mass is 650 g/mol. The van der Waals surface area contributed by atoms with E-state index in [1.54, 1.807) is 39.1 Å². The van der Waals surface area contributed by atoms with Crippen LogP contribution in [0.5, 0.6) is 5.75 Å². The number of halogens is 1. The summed E-state index contributed by atoms with van der Waals surface area (Å²) in [5.41, 5.74) is 0.373.